The van der Waals surface area contributed by atoms with Crippen molar-refractivity contribution in [3.8, 4) is 16.9 Å². The molecule has 2 N–H and O–H groups in total. The summed E-state index contributed by atoms with van der Waals surface area (Å²) in [4.78, 5) is 0. The van der Waals surface area contributed by atoms with Crippen molar-refractivity contribution in [2.75, 3.05) is 12.8 Å². The van der Waals surface area contributed by atoms with Gasteiger partial charge >= 0.3 is 0 Å². The molecule has 0 aliphatic carbocycles. The molecule has 0 radical (unpaired) electrons. The van der Waals surface area contributed by atoms with Crippen LogP contribution in [0.5, 0.6) is 5.75 Å². The molecule has 0 unspecified atom stereocenters. The Bertz CT molecular complexity index is 476. The van der Waals surface area contributed by atoms with E-state index in [0.717, 1.165) is 16.3 Å². The van der Waals surface area contributed by atoms with E-state index in [4.69, 9.17) is 10.5 Å². The first kappa shape index (κ1) is 10.1. The van der Waals surface area contributed by atoms with Gasteiger partial charge in [-0.1, -0.05) is 6.07 Å². The number of methoxy groups -OCH3 is 1. The second kappa shape index (κ2) is 3.95. The Hall–Kier alpha value is -1.48. The van der Waals surface area contributed by atoms with Crippen LogP contribution in [0.25, 0.3) is 11.1 Å². The molecule has 0 amide bonds. The molecule has 2 rings (SSSR count). The van der Waals surface area contributed by atoms with E-state index in [-0.39, 0.29) is 0 Å². The van der Waals surface area contributed by atoms with Crippen molar-refractivity contribution in [3.05, 3.63) is 35.2 Å². The maximum absolute atomic E-state index is 5.70. The Morgan fingerprint density at radius 1 is 1.20 bits per heavy atom. The van der Waals surface area contributed by atoms with Crippen LogP contribution in [0.2, 0.25) is 0 Å². The zero-order chi connectivity index (χ0) is 10.8. The molecule has 2 nitrogen and oxygen atoms in total. The van der Waals surface area contributed by atoms with Gasteiger partial charge in [0.15, 0.2) is 0 Å². The molecule has 0 aliphatic rings. The zero-order valence-corrected chi connectivity index (χ0v) is 9.60. The summed E-state index contributed by atoms with van der Waals surface area (Å²) in [6.07, 6.45) is 0. The van der Waals surface area contributed by atoms with E-state index in [1.165, 1.54) is 11.1 Å². The highest BCUT2D eigenvalue weighted by Crippen LogP contribution is 2.30. The van der Waals surface area contributed by atoms with E-state index in [0.29, 0.717) is 0 Å². The molecule has 0 spiro atoms. The first-order valence-corrected chi connectivity index (χ1v) is 5.57. The van der Waals surface area contributed by atoms with Crippen LogP contribution in [0.3, 0.4) is 0 Å². The molecule has 0 saturated heterocycles. The molecular formula is C12H13NOS. The van der Waals surface area contributed by atoms with Gasteiger partial charge in [0.25, 0.3) is 0 Å². The Morgan fingerprint density at radius 3 is 2.53 bits per heavy atom. The SMILES string of the molecule is COc1ccc(-c2csc(N)c2)cc1C. The third kappa shape index (κ3) is 1.97. The van der Waals surface area contributed by atoms with Gasteiger partial charge in [-0.25, -0.2) is 0 Å². The fourth-order valence-electron chi connectivity index (χ4n) is 1.56. The van der Waals surface area contributed by atoms with E-state index >= 15 is 0 Å². The third-order valence-corrected chi connectivity index (χ3v) is 3.11. The Labute approximate surface area is 93.3 Å². The fraction of sp³-hybridized carbons (Fsp3) is 0.167. The van der Waals surface area contributed by atoms with Gasteiger partial charge < -0.3 is 10.5 Å². The van der Waals surface area contributed by atoms with Crippen molar-refractivity contribution in [1.29, 1.82) is 0 Å². The molecule has 1 heterocycles. The number of thiophene rings is 1. The lowest BCUT2D eigenvalue weighted by molar-refractivity contribution is 0.412. The Kier molecular flexibility index (Phi) is 2.64. The normalized spacial score (nSPS) is 10.3. The molecule has 0 aliphatic heterocycles. The van der Waals surface area contributed by atoms with Crippen molar-refractivity contribution < 1.29 is 4.74 Å². The number of anilines is 1. The minimum absolute atomic E-state index is 0.846. The summed E-state index contributed by atoms with van der Waals surface area (Å²) in [5, 5.41) is 2.91. The number of rotatable bonds is 2. The lowest BCUT2D eigenvalue weighted by Crippen LogP contribution is -1.87. The summed E-state index contributed by atoms with van der Waals surface area (Å²) in [5.74, 6) is 0.918. The zero-order valence-electron chi connectivity index (χ0n) is 8.78. The van der Waals surface area contributed by atoms with Gasteiger partial charge in [-0.2, -0.15) is 0 Å². The number of nitrogen functional groups attached to an aromatic ring is 1. The van der Waals surface area contributed by atoms with E-state index in [1.54, 1.807) is 18.4 Å². The number of ether oxygens (including phenoxy) is 1. The molecular weight excluding hydrogens is 206 g/mol. The van der Waals surface area contributed by atoms with Crippen LogP contribution in [0.4, 0.5) is 5.00 Å². The topological polar surface area (TPSA) is 35.2 Å². The number of benzene rings is 1. The summed E-state index contributed by atoms with van der Waals surface area (Å²) >= 11 is 1.56. The van der Waals surface area contributed by atoms with Crippen molar-refractivity contribution in [1.82, 2.24) is 0 Å². The number of hydrogen-bond donors (Lipinski definition) is 1. The highest BCUT2D eigenvalue weighted by atomic mass is 32.1. The number of aryl methyl sites for hydroxylation is 1. The average molecular weight is 219 g/mol. The summed E-state index contributed by atoms with van der Waals surface area (Å²) in [7, 11) is 1.69. The van der Waals surface area contributed by atoms with Crippen LogP contribution in [0.1, 0.15) is 5.56 Å². The van der Waals surface area contributed by atoms with E-state index in [9.17, 15) is 0 Å². The lowest BCUT2D eigenvalue weighted by Gasteiger charge is -2.05. The first-order valence-electron chi connectivity index (χ1n) is 4.69. The molecule has 3 heteroatoms. The second-order valence-electron chi connectivity index (χ2n) is 3.42. The maximum Gasteiger partial charge on any atom is 0.121 e. The van der Waals surface area contributed by atoms with Crippen LogP contribution >= 0.6 is 11.3 Å². The monoisotopic (exact) mass is 219 g/mol. The fourth-order valence-corrected chi connectivity index (χ4v) is 2.22. The lowest BCUT2D eigenvalue weighted by atomic mass is 10.1. The number of hydrogen-bond acceptors (Lipinski definition) is 3. The first-order chi connectivity index (χ1) is 7.20. The minimum Gasteiger partial charge on any atom is -0.496 e. The van der Waals surface area contributed by atoms with Crippen molar-refractivity contribution in [2.24, 2.45) is 0 Å². The van der Waals surface area contributed by atoms with Crippen LogP contribution in [0, 0.1) is 6.92 Å². The second-order valence-corrected chi connectivity index (χ2v) is 4.36. The molecule has 1 aromatic carbocycles. The van der Waals surface area contributed by atoms with E-state index in [2.05, 4.69) is 11.4 Å². The standard InChI is InChI=1S/C12H13NOS/c1-8-5-9(3-4-11(8)14-2)10-6-12(13)15-7-10/h3-7H,13H2,1-2H3. The van der Waals surface area contributed by atoms with Gasteiger partial charge in [0.05, 0.1) is 12.1 Å². The van der Waals surface area contributed by atoms with Crippen LogP contribution in [-0.4, -0.2) is 7.11 Å². The van der Waals surface area contributed by atoms with Gasteiger partial charge in [0, 0.05) is 5.38 Å². The Morgan fingerprint density at radius 2 is 2.00 bits per heavy atom. The smallest absolute Gasteiger partial charge is 0.121 e. The van der Waals surface area contributed by atoms with Crippen LogP contribution in [-0.2, 0) is 0 Å². The van der Waals surface area contributed by atoms with Crippen molar-refractivity contribution in [3.63, 3.8) is 0 Å². The number of nitrogens with two attached hydrogens (primary N) is 1. The summed E-state index contributed by atoms with van der Waals surface area (Å²) < 4.78 is 5.22. The molecule has 2 aromatic rings. The summed E-state index contributed by atoms with van der Waals surface area (Å²) in [6.45, 7) is 2.04. The van der Waals surface area contributed by atoms with Gasteiger partial charge in [-0.05, 0) is 41.8 Å². The molecule has 15 heavy (non-hydrogen) atoms. The highest BCUT2D eigenvalue weighted by molar-refractivity contribution is 7.14. The van der Waals surface area contributed by atoms with E-state index in [1.807, 2.05) is 25.1 Å². The molecule has 0 fully saturated rings. The van der Waals surface area contributed by atoms with Gasteiger partial charge in [-0.15, -0.1) is 11.3 Å². The van der Waals surface area contributed by atoms with Crippen LogP contribution < -0.4 is 10.5 Å². The highest BCUT2D eigenvalue weighted by Gasteiger charge is 2.03. The minimum atomic E-state index is 0.846. The average Bonchev–Trinajstić information content (AvgIpc) is 2.65. The molecule has 78 valence electrons. The van der Waals surface area contributed by atoms with Gasteiger partial charge in [0.1, 0.15) is 5.75 Å². The van der Waals surface area contributed by atoms with E-state index < -0.39 is 0 Å². The van der Waals surface area contributed by atoms with Gasteiger partial charge in [0.2, 0.25) is 0 Å². The summed E-state index contributed by atoms with van der Waals surface area (Å²) in [5.41, 5.74) is 9.19. The van der Waals surface area contributed by atoms with Gasteiger partial charge in [-0.3, -0.25) is 0 Å². The largest absolute Gasteiger partial charge is 0.496 e. The molecule has 1 aromatic heterocycles. The molecule has 0 bridgehead atoms. The predicted octanol–water partition coefficient (Wildman–Crippen LogP) is 3.31. The van der Waals surface area contributed by atoms with Crippen molar-refractivity contribution >= 4 is 16.3 Å². The predicted molar refractivity (Wildman–Crippen MR) is 65.5 cm³/mol. The molecule has 0 atom stereocenters. The quantitative estimate of drug-likeness (QED) is 0.841. The maximum atomic E-state index is 5.70. The molecule has 0 saturated carbocycles. The third-order valence-electron chi connectivity index (χ3n) is 2.35. The summed E-state index contributed by atoms with van der Waals surface area (Å²) in [6, 6.07) is 8.14. The Balaban J connectivity index is 2.42. The van der Waals surface area contributed by atoms with Crippen LogP contribution in [0.15, 0.2) is 29.6 Å². The van der Waals surface area contributed by atoms with Crippen molar-refractivity contribution in [2.45, 2.75) is 6.92 Å².